The molecule has 27 heavy (non-hydrogen) atoms. The van der Waals surface area contributed by atoms with Gasteiger partial charge in [-0.15, -0.1) is 0 Å². The number of ether oxygens (including phenoxy) is 1. The molecule has 1 saturated carbocycles. The number of carboxylic acid groups (broad SMARTS) is 1. The normalized spacial score (nSPS) is 25.3. The highest BCUT2D eigenvalue weighted by molar-refractivity contribution is 7.89. The molecule has 8 nitrogen and oxygen atoms in total. The summed E-state index contributed by atoms with van der Waals surface area (Å²) < 4.78 is 32.2. The number of carboxylic acids is 1. The number of rotatable bonds is 7. The number of carbonyl (C=O) groups is 2. The van der Waals surface area contributed by atoms with Crippen LogP contribution in [0.2, 0.25) is 0 Å². The monoisotopic (exact) mass is 396 g/mol. The van der Waals surface area contributed by atoms with Crippen molar-refractivity contribution in [3.63, 3.8) is 0 Å². The molecule has 2 aliphatic rings. The molecule has 2 atom stereocenters. The Morgan fingerprint density at radius 3 is 2.85 bits per heavy atom. The smallest absolute Gasteiger partial charge is 0.311 e. The van der Waals surface area contributed by atoms with E-state index in [0.29, 0.717) is 19.6 Å². The topological polar surface area (TPSA) is 113 Å². The number of aliphatic carboxylic acids is 1. The summed E-state index contributed by atoms with van der Waals surface area (Å²) in [6.45, 7) is 0.871. The van der Waals surface area contributed by atoms with Crippen molar-refractivity contribution in [1.82, 2.24) is 9.62 Å². The highest BCUT2D eigenvalue weighted by Gasteiger charge is 2.57. The number of amides is 1. The predicted molar refractivity (Wildman–Crippen MR) is 96.8 cm³/mol. The summed E-state index contributed by atoms with van der Waals surface area (Å²) >= 11 is 0. The van der Waals surface area contributed by atoms with Crippen LogP contribution in [0.25, 0.3) is 0 Å². The van der Waals surface area contributed by atoms with E-state index in [9.17, 15) is 23.1 Å². The van der Waals surface area contributed by atoms with Gasteiger partial charge in [-0.05, 0) is 37.0 Å². The third-order valence-electron chi connectivity index (χ3n) is 5.59. The summed E-state index contributed by atoms with van der Waals surface area (Å²) in [6, 6.07) is 5.82. The quantitative estimate of drug-likeness (QED) is 0.663. The number of hydrogen-bond donors (Lipinski definition) is 2. The van der Waals surface area contributed by atoms with Crippen molar-refractivity contribution in [2.75, 3.05) is 33.4 Å². The van der Waals surface area contributed by atoms with E-state index in [1.807, 2.05) is 0 Å². The lowest BCUT2D eigenvalue weighted by Crippen LogP contribution is -2.37. The number of benzene rings is 1. The molecule has 1 heterocycles. The molecule has 1 aliphatic carbocycles. The average Bonchev–Trinajstić information content (AvgIpc) is 3.21. The second-order valence-corrected chi connectivity index (χ2v) is 9.06. The molecule has 1 amide bonds. The Labute approximate surface area is 158 Å². The number of methoxy groups -OCH3 is 1. The van der Waals surface area contributed by atoms with Crippen molar-refractivity contribution >= 4 is 21.9 Å². The maximum Gasteiger partial charge on any atom is 0.311 e. The summed E-state index contributed by atoms with van der Waals surface area (Å²) in [5.41, 5.74) is -0.748. The van der Waals surface area contributed by atoms with E-state index in [0.717, 1.165) is 12.8 Å². The first-order valence-corrected chi connectivity index (χ1v) is 10.4. The zero-order valence-electron chi connectivity index (χ0n) is 15.2. The minimum atomic E-state index is -3.87. The molecular weight excluding hydrogens is 372 g/mol. The molecule has 0 unspecified atom stereocenters. The molecule has 0 radical (unpaired) electrons. The molecule has 0 bridgehead atoms. The fraction of sp³-hybridized carbons (Fsp3) is 0.556. The zero-order valence-corrected chi connectivity index (χ0v) is 16.0. The molecule has 3 rings (SSSR count). The van der Waals surface area contributed by atoms with Crippen LogP contribution in [0.5, 0.6) is 0 Å². The van der Waals surface area contributed by atoms with Crippen LogP contribution in [0.3, 0.4) is 0 Å². The summed E-state index contributed by atoms with van der Waals surface area (Å²) in [7, 11) is -2.35. The van der Waals surface area contributed by atoms with Gasteiger partial charge in [-0.25, -0.2) is 8.42 Å². The van der Waals surface area contributed by atoms with Crippen LogP contribution in [0.1, 0.15) is 29.6 Å². The highest BCUT2D eigenvalue weighted by atomic mass is 32.2. The molecule has 2 N–H and O–H groups in total. The Kier molecular flexibility index (Phi) is 5.55. The molecule has 1 saturated heterocycles. The third kappa shape index (κ3) is 3.59. The summed E-state index contributed by atoms with van der Waals surface area (Å²) in [4.78, 5) is 24.0. The molecule has 9 heteroatoms. The Morgan fingerprint density at radius 2 is 2.19 bits per heavy atom. The van der Waals surface area contributed by atoms with Gasteiger partial charge in [-0.3, -0.25) is 9.59 Å². The van der Waals surface area contributed by atoms with E-state index in [-0.39, 0.29) is 35.4 Å². The van der Waals surface area contributed by atoms with Crippen LogP contribution in [0, 0.1) is 11.3 Å². The van der Waals surface area contributed by atoms with Crippen LogP contribution < -0.4 is 5.32 Å². The predicted octanol–water partition coefficient (Wildman–Crippen LogP) is 0.938. The highest BCUT2D eigenvalue weighted by Crippen LogP contribution is 2.50. The van der Waals surface area contributed by atoms with Gasteiger partial charge in [-0.1, -0.05) is 12.5 Å². The lowest BCUT2D eigenvalue weighted by atomic mass is 9.81. The van der Waals surface area contributed by atoms with Gasteiger partial charge in [0.15, 0.2) is 0 Å². The number of carbonyl (C=O) groups excluding carboxylic acids is 1. The van der Waals surface area contributed by atoms with Gasteiger partial charge in [-0.2, -0.15) is 4.31 Å². The van der Waals surface area contributed by atoms with Crippen molar-refractivity contribution in [3.05, 3.63) is 29.8 Å². The molecule has 2 fully saturated rings. The Bertz CT molecular complexity index is 840. The summed E-state index contributed by atoms with van der Waals surface area (Å²) in [6.07, 6.45) is 2.03. The van der Waals surface area contributed by atoms with E-state index in [1.54, 1.807) is 6.07 Å². The molecule has 0 aromatic heterocycles. The SMILES string of the molecule is COCCNC(=O)c1cccc(S(=O)(=O)N2C[C@@H]3CCC[C@@]3(C(=O)O)C2)c1. The second kappa shape index (κ2) is 7.57. The van der Waals surface area contributed by atoms with Crippen molar-refractivity contribution < 1.29 is 27.9 Å². The van der Waals surface area contributed by atoms with Crippen molar-refractivity contribution in [3.8, 4) is 0 Å². The Balaban J connectivity index is 1.81. The first kappa shape index (κ1) is 19.8. The second-order valence-electron chi connectivity index (χ2n) is 7.12. The minimum absolute atomic E-state index is 0.00223. The van der Waals surface area contributed by atoms with Crippen LogP contribution in [-0.2, 0) is 19.6 Å². The van der Waals surface area contributed by atoms with Gasteiger partial charge >= 0.3 is 5.97 Å². The van der Waals surface area contributed by atoms with Crippen molar-refractivity contribution in [2.24, 2.45) is 11.3 Å². The Morgan fingerprint density at radius 1 is 1.41 bits per heavy atom. The van der Waals surface area contributed by atoms with Crippen LogP contribution >= 0.6 is 0 Å². The van der Waals surface area contributed by atoms with Crippen LogP contribution in [0.4, 0.5) is 0 Å². The molecular formula is C18H24N2O6S. The van der Waals surface area contributed by atoms with E-state index >= 15 is 0 Å². The van der Waals surface area contributed by atoms with Gasteiger partial charge < -0.3 is 15.2 Å². The molecule has 1 aliphatic heterocycles. The molecule has 1 aromatic rings. The zero-order chi connectivity index (χ0) is 19.7. The largest absolute Gasteiger partial charge is 0.481 e. The van der Waals surface area contributed by atoms with Crippen molar-refractivity contribution in [1.29, 1.82) is 0 Å². The van der Waals surface area contributed by atoms with Gasteiger partial charge in [0.1, 0.15) is 0 Å². The lowest BCUT2D eigenvalue weighted by molar-refractivity contribution is -0.149. The summed E-state index contributed by atoms with van der Waals surface area (Å²) in [5.74, 6) is -1.47. The summed E-state index contributed by atoms with van der Waals surface area (Å²) in [5, 5.41) is 12.3. The first-order chi connectivity index (χ1) is 12.8. The van der Waals surface area contributed by atoms with E-state index in [4.69, 9.17) is 4.74 Å². The van der Waals surface area contributed by atoms with E-state index in [1.165, 1.54) is 29.6 Å². The number of sulfonamides is 1. The fourth-order valence-corrected chi connectivity index (χ4v) is 5.69. The number of nitrogens with one attached hydrogen (secondary N) is 1. The first-order valence-electron chi connectivity index (χ1n) is 8.92. The Hall–Kier alpha value is -1.97. The standard InChI is InChI=1S/C18H24N2O6S/c1-26-9-8-19-16(21)13-4-2-6-15(10-13)27(24,25)20-11-14-5-3-7-18(14,12-20)17(22)23/h2,4,6,10,14H,3,5,7-9,11-12H2,1H3,(H,19,21)(H,22,23)/t14-,18+/m0/s1. The third-order valence-corrected chi connectivity index (χ3v) is 7.40. The minimum Gasteiger partial charge on any atom is -0.481 e. The maximum absolute atomic E-state index is 13.0. The van der Waals surface area contributed by atoms with Crippen molar-refractivity contribution in [2.45, 2.75) is 24.2 Å². The van der Waals surface area contributed by atoms with Gasteiger partial charge in [0.2, 0.25) is 10.0 Å². The molecule has 0 spiro atoms. The maximum atomic E-state index is 13.0. The van der Waals surface area contributed by atoms with Crippen LogP contribution in [0.15, 0.2) is 29.2 Å². The average molecular weight is 396 g/mol. The molecule has 1 aromatic carbocycles. The van der Waals surface area contributed by atoms with E-state index in [2.05, 4.69) is 5.32 Å². The van der Waals surface area contributed by atoms with Gasteiger partial charge in [0, 0.05) is 32.3 Å². The van der Waals surface area contributed by atoms with E-state index < -0.39 is 21.4 Å². The lowest BCUT2D eigenvalue weighted by Gasteiger charge is -2.23. The molecule has 148 valence electrons. The number of nitrogens with zero attached hydrogens (tertiary/aromatic N) is 1. The number of fused-ring (bicyclic) bond motifs is 1. The van der Waals surface area contributed by atoms with Gasteiger partial charge in [0.05, 0.1) is 16.9 Å². The number of hydrogen-bond acceptors (Lipinski definition) is 5. The fourth-order valence-electron chi connectivity index (χ4n) is 4.09. The van der Waals surface area contributed by atoms with Gasteiger partial charge in [0.25, 0.3) is 5.91 Å². The van der Waals surface area contributed by atoms with Crippen LogP contribution in [-0.4, -0.2) is 63.1 Å².